The molecule has 0 aliphatic carbocycles. The topological polar surface area (TPSA) is 123 Å². The molecule has 0 saturated carbocycles. The van der Waals surface area contributed by atoms with E-state index in [0.717, 1.165) is 22.9 Å². The summed E-state index contributed by atoms with van der Waals surface area (Å²) >= 11 is 7.46. The van der Waals surface area contributed by atoms with E-state index >= 15 is 0 Å². The van der Waals surface area contributed by atoms with Gasteiger partial charge in [-0.3, -0.25) is 29.9 Å². The maximum atomic E-state index is 13.3. The van der Waals surface area contributed by atoms with Crippen molar-refractivity contribution in [1.82, 2.24) is 9.88 Å². The minimum Gasteiger partial charge on any atom is -0.309 e. The minimum absolute atomic E-state index is 0. The number of non-ortho nitro benzene ring substituents is 2. The minimum atomic E-state index is -0.766. The Balaban J connectivity index is 0.00000363. The van der Waals surface area contributed by atoms with Crippen LogP contribution < -0.4 is 4.90 Å². The second kappa shape index (κ2) is 10.6. The van der Waals surface area contributed by atoms with Gasteiger partial charge >= 0.3 is 0 Å². The molecule has 170 valence electrons. The molecule has 32 heavy (non-hydrogen) atoms. The van der Waals surface area contributed by atoms with Crippen molar-refractivity contribution < 1.29 is 14.6 Å². The van der Waals surface area contributed by atoms with Gasteiger partial charge in [0.1, 0.15) is 5.52 Å². The Labute approximate surface area is 198 Å². The molecule has 0 aliphatic heterocycles. The summed E-state index contributed by atoms with van der Waals surface area (Å²) in [7, 11) is 3.79. The molecular formula is C19H19Cl2N5O5S. The van der Waals surface area contributed by atoms with Crippen LogP contribution in [0.2, 0.25) is 5.02 Å². The lowest BCUT2D eigenvalue weighted by atomic mass is 10.1. The van der Waals surface area contributed by atoms with Gasteiger partial charge in [-0.15, -0.1) is 12.4 Å². The van der Waals surface area contributed by atoms with E-state index in [1.807, 2.05) is 25.1 Å². The highest BCUT2D eigenvalue weighted by molar-refractivity contribution is 7.22. The van der Waals surface area contributed by atoms with Crippen molar-refractivity contribution in [3.63, 3.8) is 0 Å². The molecule has 0 atom stereocenters. The lowest BCUT2D eigenvalue weighted by molar-refractivity contribution is -0.394. The number of fused-ring (bicyclic) bond motifs is 1. The summed E-state index contributed by atoms with van der Waals surface area (Å²) in [5.74, 6) is -0.610. The first kappa shape index (κ1) is 25.4. The van der Waals surface area contributed by atoms with Crippen LogP contribution in [-0.4, -0.2) is 52.8 Å². The second-order valence-electron chi connectivity index (χ2n) is 6.95. The largest absolute Gasteiger partial charge is 0.309 e. The molecule has 1 amide bonds. The number of anilines is 1. The average Bonchev–Trinajstić information content (AvgIpc) is 3.15. The van der Waals surface area contributed by atoms with Crippen LogP contribution in [-0.2, 0) is 0 Å². The predicted molar refractivity (Wildman–Crippen MR) is 126 cm³/mol. The van der Waals surface area contributed by atoms with Crippen molar-refractivity contribution in [2.75, 3.05) is 32.1 Å². The number of carbonyl (C=O) groups is 1. The molecule has 13 heteroatoms. The van der Waals surface area contributed by atoms with Gasteiger partial charge in [-0.1, -0.05) is 29.0 Å². The van der Waals surface area contributed by atoms with Gasteiger partial charge in [-0.05, 0) is 39.2 Å². The van der Waals surface area contributed by atoms with E-state index < -0.39 is 27.1 Å². The average molecular weight is 500 g/mol. The highest BCUT2D eigenvalue weighted by Gasteiger charge is 2.26. The zero-order valence-corrected chi connectivity index (χ0v) is 19.4. The maximum Gasteiger partial charge on any atom is 0.277 e. The molecule has 10 nitrogen and oxygen atoms in total. The fraction of sp³-hybridized carbons (Fsp3) is 0.263. The van der Waals surface area contributed by atoms with Gasteiger partial charge in [-0.2, -0.15) is 0 Å². The Kier molecular flexibility index (Phi) is 8.44. The van der Waals surface area contributed by atoms with Crippen molar-refractivity contribution in [3.05, 3.63) is 67.2 Å². The number of amides is 1. The number of halogens is 2. The monoisotopic (exact) mass is 499 g/mol. The predicted octanol–water partition coefficient (Wildman–Crippen LogP) is 4.79. The number of para-hydroxylation sites is 1. The summed E-state index contributed by atoms with van der Waals surface area (Å²) in [6.45, 7) is 0.954. The number of aromatic nitrogens is 1. The van der Waals surface area contributed by atoms with Crippen molar-refractivity contribution in [2.24, 2.45) is 0 Å². The van der Waals surface area contributed by atoms with Gasteiger partial charge in [0.2, 0.25) is 0 Å². The summed E-state index contributed by atoms with van der Waals surface area (Å²) in [6.07, 6.45) is 0.597. The number of benzene rings is 2. The molecule has 2 aromatic carbocycles. The first-order valence-electron chi connectivity index (χ1n) is 9.13. The van der Waals surface area contributed by atoms with Gasteiger partial charge in [0.15, 0.2) is 5.13 Å². The molecule has 0 unspecified atom stereocenters. The lowest BCUT2D eigenvalue weighted by Crippen LogP contribution is -2.33. The fourth-order valence-corrected chi connectivity index (χ4v) is 4.22. The van der Waals surface area contributed by atoms with Crippen molar-refractivity contribution in [3.8, 4) is 0 Å². The number of nitrogens with zero attached hydrogens (tertiary/aromatic N) is 5. The third-order valence-electron chi connectivity index (χ3n) is 4.39. The molecule has 0 N–H and O–H groups in total. The number of carbonyl (C=O) groups excluding carboxylic acids is 1. The zero-order valence-electron chi connectivity index (χ0n) is 17.1. The molecule has 1 heterocycles. The normalized spacial score (nSPS) is 10.8. The van der Waals surface area contributed by atoms with E-state index in [1.54, 1.807) is 12.1 Å². The van der Waals surface area contributed by atoms with E-state index in [4.69, 9.17) is 11.6 Å². The molecular weight excluding hydrogens is 481 g/mol. The van der Waals surface area contributed by atoms with E-state index in [2.05, 4.69) is 4.98 Å². The first-order chi connectivity index (χ1) is 14.7. The molecule has 3 rings (SSSR count). The lowest BCUT2D eigenvalue weighted by Gasteiger charge is -2.21. The summed E-state index contributed by atoms with van der Waals surface area (Å²) in [6, 6.07) is 8.18. The highest BCUT2D eigenvalue weighted by Crippen LogP contribution is 2.34. The van der Waals surface area contributed by atoms with Crippen molar-refractivity contribution in [2.45, 2.75) is 6.42 Å². The quantitative estimate of drug-likeness (QED) is 0.322. The van der Waals surface area contributed by atoms with E-state index in [0.29, 0.717) is 28.6 Å². The number of rotatable bonds is 8. The molecule has 0 saturated heterocycles. The van der Waals surface area contributed by atoms with Crippen molar-refractivity contribution >= 4 is 68.0 Å². The number of thiazole rings is 1. The van der Waals surface area contributed by atoms with Crippen LogP contribution in [0.25, 0.3) is 10.2 Å². The Morgan fingerprint density at radius 1 is 1.09 bits per heavy atom. The van der Waals surface area contributed by atoms with Crippen molar-refractivity contribution in [1.29, 1.82) is 0 Å². The number of hydrogen-bond donors (Lipinski definition) is 0. The molecule has 0 aliphatic rings. The van der Waals surface area contributed by atoms with E-state index in [-0.39, 0.29) is 24.5 Å². The highest BCUT2D eigenvalue weighted by atomic mass is 35.5. The van der Waals surface area contributed by atoms with Crippen LogP contribution in [0.5, 0.6) is 0 Å². The van der Waals surface area contributed by atoms with E-state index in [1.165, 1.54) is 16.2 Å². The SMILES string of the molecule is CN(C)CCCN(C(=O)c1cc([N+](=O)[O-])cc([N+](=O)[O-])c1)c1nc2c(Cl)cccc2s1.Cl. The molecule has 3 aromatic rings. The fourth-order valence-electron chi connectivity index (χ4n) is 2.93. The number of nitro groups is 2. The maximum absolute atomic E-state index is 13.3. The summed E-state index contributed by atoms with van der Waals surface area (Å²) < 4.78 is 0.776. The number of nitro benzene ring substituents is 2. The Morgan fingerprint density at radius 3 is 2.25 bits per heavy atom. The first-order valence-corrected chi connectivity index (χ1v) is 10.3. The standard InChI is InChI=1S/C19H18ClN5O5S.ClH/c1-22(2)7-4-8-23(19-21-17-15(20)5-3-6-16(17)31-19)18(26)12-9-13(24(27)28)11-14(10-12)25(29)30;/h3,5-6,9-11H,4,7-8H2,1-2H3;1H. The third kappa shape index (κ3) is 5.68. The Bertz CT molecular complexity index is 1140. The second-order valence-corrected chi connectivity index (χ2v) is 8.37. The van der Waals surface area contributed by atoms with Crippen LogP contribution in [0, 0.1) is 20.2 Å². The summed E-state index contributed by atoms with van der Waals surface area (Å²) in [5.41, 5.74) is -0.674. The van der Waals surface area contributed by atoms with Crippen LogP contribution in [0.15, 0.2) is 36.4 Å². The zero-order chi connectivity index (χ0) is 22.7. The van der Waals surface area contributed by atoms with Gasteiger partial charge < -0.3 is 4.90 Å². The molecule has 0 bridgehead atoms. The summed E-state index contributed by atoms with van der Waals surface area (Å²) in [4.78, 5) is 42.1. The molecule has 1 aromatic heterocycles. The van der Waals surface area contributed by atoms with Crippen LogP contribution in [0.3, 0.4) is 0 Å². The molecule has 0 fully saturated rings. The number of hydrogen-bond acceptors (Lipinski definition) is 8. The van der Waals surface area contributed by atoms with Gasteiger partial charge in [0.25, 0.3) is 17.3 Å². The Morgan fingerprint density at radius 2 is 1.72 bits per heavy atom. The van der Waals surface area contributed by atoms with Crippen LogP contribution in [0.1, 0.15) is 16.8 Å². The smallest absolute Gasteiger partial charge is 0.277 e. The van der Waals surface area contributed by atoms with Crippen LogP contribution in [0.4, 0.5) is 16.5 Å². The van der Waals surface area contributed by atoms with E-state index in [9.17, 15) is 25.0 Å². The van der Waals surface area contributed by atoms with Crippen LogP contribution >= 0.6 is 35.3 Å². The molecule has 0 spiro atoms. The Hall–Kier alpha value is -2.86. The summed E-state index contributed by atoms with van der Waals surface area (Å²) in [5, 5.41) is 23.2. The van der Waals surface area contributed by atoms with Gasteiger partial charge in [0.05, 0.1) is 31.2 Å². The molecule has 0 radical (unpaired) electrons. The third-order valence-corrected chi connectivity index (χ3v) is 5.74. The van der Waals surface area contributed by atoms with Gasteiger partial charge in [-0.25, -0.2) is 4.98 Å². The van der Waals surface area contributed by atoms with Gasteiger partial charge in [0, 0.05) is 18.7 Å².